The number of hydrogen-bond acceptors (Lipinski definition) is 5. The maximum atomic E-state index is 11.8. The molecule has 2 aliphatic rings. The standard InChI is InChI=1S/C15H26N2O5/c1-15(2,3)22-14(20)17-8-12(9-17)21-11-4-6-16(7-5-11)10-13(18)19/h11-12H,4-10H2,1-3H3,(H,18,19). The van der Waals surface area contributed by atoms with Gasteiger partial charge >= 0.3 is 12.1 Å². The van der Waals surface area contributed by atoms with Crippen molar-refractivity contribution >= 4 is 12.1 Å². The first-order valence-corrected chi connectivity index (χ1v) is 7.80. The fraction of sp³-hybridized carbons (Fsp3) is 0.867. The quantitative estimate of drug-likeness (QED) is 0.839. The second-order valence-electron chi connectivity index (χ2n) is 7.01. The van der Waals surface area contributed by atoms with Crippen LogP contribution in [0.15, 0.2) is 0 Å². The molecular formula is C15H26N2O5. The van der Waals surface area contributed by atoms with Crippen LogP contribution >= 0.6 is 0 Å². The molecule has 7 nitrogen and oxygen atoms in total. The Labute approximate surface area is 131 Å². The van der Waals surface area contributed by atoms with Gasteiger partial charge in [-0.25, -0.2) is 4.79 Å². The van der Waals surface area contributed by atoms with Gasteiger partial charge in [0.15, 0.2) is 0 Å². The Morgan fingerprint density at radius 1 is 1.14 bits per heavy atom. The zero-order valence-electron chi connectivity index (χ0n) is 13.6. The molecule has 0 aliphatic carbocycles. The van der Waals surface area contributed by atoms with Crippen LogP contribution in [0.25, 0.3) is 0 Å². The van der Waals surface area contributed by atoms with E-state index in [1.807, 2.05) is 25.7 Å². The van der Waals surface area contributed by atoms with Crippen molar-refractivity contribution in [2.75, 3.05) is 32.7 Å². The highest BCUT2D eigenvalue weighted by atomic mass is 16.6. The number of carbonyl (C=O) groups excluding carboxylic acids is 1. The summed E-state index contributed by atoms with van der Waals surface area (Å²) in [4.78, 5) is 26.0. The van der Waals surface area contributed by atoms with Crippen LogP contribution in [0, 0.1) is 0 Å². The van der Waals surface area contributed by atoms with Gasteiger partial charge in [-0.05, 0) is 33.6 Å². The molecule has 0 aromatic carbocycles. The molecule has 2 saturated heterocycles. The zero-order chi connectivity index (χ0) is 16.3. The van der Waals surface area contributed by atoms with Crippen LogP contribution in [0.2, 0.25) is 0 Å². The van der Waals surface area contributed by atoms with Crippen LogP contribution in [-0.4, -0.2) is 77.5 Å². The van der Waals surface area contributed by atoms with E-state index in [0.29, 0.717) is 13.1 Å². The van der Waals surface area contributed by atoms with Gasteiger partial charge in [-0.1, -0.05) is 0 Å². The smallest absolute Gasteiger partial charge is 0.410 e. The number of amides is 1. The van der Waals surface area contributed by atoms with Crippen molar-refractivity contribution in [2.45, 2.75) is 51.4 Å². The number of hydrogen-bond donors (Lipinski definition) is 1. The highest BCUT2D eigenvalue weighted by Crippen LogP contribution is 2.21. The highest BCUT2D eigenvalue weighted by Gasteiger charge is 2.36. The summed E-state index contributed by atoms with van der Waals surface area (Å²) in [5, 5.41) is 8.76. The van der Waals surface area contributed by atoms with E-state index in [-0.39, 0.29) is 24.8 Å². The lowest BCUT2D eigenvalue weighted by molar-refractivity contribution is -0.140. The van der Waals surface area contributed by atoms with Crippen molar-refractivity contribution in [3.8, 4) is 0 Å². The van der Waals surface area contributed by atoms with Gasteiger partial charge in [0.1, 0.15) is 5.60 Å². The number of carboxylic acid groups (broad SMARTS) is 1. The minimum absolute atomic E-state index is 0.0727. The largest absolute Gasteiger partial charge is 0.480 e. The first-order valence-electron chi connectivity index (χ1n) is 7.80. The van der Waals surface area contributed by atoms with Crippen LogP contribution < -0.4 is 0 Å². The topological polar surface area (TPSA) is 79.3 Å². The molecule has 2 fully saturated rings. The fourth-order valence-electron chi connectivity index (χ4n) is 2.67. The molecule has 22 heavy (non-hydrogen) atoms. The predicted molar refractivity (Wildman–Crippen MR) is 79.8 cm³/mol. The normalized spacial score (nSPS) is 21.5. The molecular weight excluding hydrogens is 288 g/mol. The fourth-order valence-corrected chi connectivity index (χ4v) is 2.67. The molecule has 0 unspecified atom stereocenters. The molecule has 126 valence electrons. The van der Waals surface area contributed by atoms with E-state index in [0.717, 1.165) is 25.9 Å². The Morgan fingerprint density at radius 3 is 2.23 bits per heavy atom. The molecule has 0 aromatic heterocycles. The van der Waals surface area contributed by atoms with E-state index in [1.54, 1.807) is 4.90 Å². The summed E-state index contributed by atoms with van der Waals surface area (Å²) in [7, 11) is 0. The van der Waals surface area contributed by atoms with Crippen LogP contribution in [0.1, 0.15) is 33.6 Å². The Hall–Kier alpha value is -1.34. The highest BCUT2D eigenvalue weighted by molar-refractivity contribution is 5.69. The summed E-state index contributed by atoms with van der Waals surface area (Å²) in [5.41, 5.74) is -0.472. The van der Waals surface area contributed by atoms with Gasteiger partial charge in [0.2, 0.25) is 0 Å². The summed E-state index contributed by atoms with van der Waals surface area (Å²) in [6.07, 6.45) is 1.63. The van der Waals surface area contributed by atoms with Crippen molar-refractivity contribution < 1.29 is 24.2 Å². The summed E-state index contributed by atoms with van der Waals surface area (Å²) in [5.74, 6) is -0.786. The van der Waals surface area contributed by atoms with Gasteiger partial charge in [-0.3, -0.25) is 9.69 Å². The Bertz CT molecular complexity index is 407. The molecule has 0 saturated carbocycles. The maximum Gasteiger partial charge on any atom is 0.410 e. The lowest BCUT2D eigenvalue weighted by atomic mass is 10.1. The average Bonchev–Trinajstić information content (AvgIpc) is 2.32. The number of likely N-dealkylation sites (tertiary alicyclic amines) is 2. The number of rotatable bonds is 4. The van der Waals surface area contributed by atoms with Crippen molar-refractivity contribution in [3.63, 3.8) is 0 Å². The van der Waals surface area contributed by atoms with Crippen LogP contribution in [0.4, 0.5) is 4.79 Å². The van der Waals surface area contributed by atoms with Crippen molar-refractivity contribution in [1.29, 1.82) is 0 Å². The second-order valence-corrected chi connectivity index (χ2v) is 7.01. The van der Waals surface area contributed by atoms with Gasteiger partial charge in [0.05, 0.1) is 31.8 Å². The summed E-state index contributed by atoms with van der Waals surface area (Å²) in [6, 6.07) is 0. The molecule has 0 bridgehead atoms. The average molecular weight is 314 g/mol. The Balaban J connectivity index is 1.63. The number of ether oxygens (including phenoxy) is 2. The van der Waals surface area contributed by atoms with Crippen molar-refractivity contribution in [3.05, 3.63) is 0 Å². The molecule has 2 rings (SSSR count). The summed E-state index contributed by atoms with van der Waals surface area (Å²) < 4.78 is 11.3. The van der Waals surface area contributed by atoms with E-state index in [4.69, 9.17) is 14.6 Å². The van der Waals surface area contributed by atoms with E-state index < -0.39 is 11.6 Å². The van der Waals surface area contributed by atoms with E-state index >= 15 is 0 Å². The Morgan fingerprint density at radius 2 is 1.73 bits per heavy atom. The first kappa shape index (κ1) is 17.0. The lowest BCUT2D eigenvalue weighted by Gasteiger charge is -2.42. The second kappa shape index (κ2) is 6.83. The maximum absolute atomic E-state index is 11.8. The SMILES string of the molecule is CC(C)(C)OC(=O)N1CC(OC2CCN(CC(=O)O)CC2)C1. The Kier molecular flexibility index (Phi) is 5.28. The van der Waals surface area contributed by atoms with E-state index in [2.05, 4.69) is 0 Å². The van der Waals surface area contributed by atoms with Crippen LogP contribution in [-0.2, 0) is 14.3 Å². The van der Waals surface area contributed by atoms with Gasteiger partial charge in [-0.15, -0.1) is 0 Å². The predicted octanol–water partition coefficient (Wildman–Crippen LogP) is 1.17. The van der Waals surface area contributed by atoms with Gasteiger partial charge < -0.3 is 19.5 Å². The third-order valence-electron chi connectivity index (χ3n) is 3.78. The van der Waals surface area contributed by atoms with Crippen molar-refractivity contribution in [2.24, 2.45) is 0 Å². The molecule has 0 spiro atoms. The number of carbonyl (C=O) groups is 2. The summed E-state index contributed by atoms with van der Waals surface area (Å²) >= 11 is 0. The molecule has 2 heterocycles. The molecule has 2 aliphatic heterocycles. The van der Waals surface area contributed by atoms with Crippen molar-refractivity contribution in [1.82, 2.24) is 9.80 Å². The molecule has 7 heteroatoms. The van der Waals surface area contributed by atoms with E-state index in [9.17, 15) is 9.59 Å². The molecule has 0 radical (unpaired) electrons. The molecule has 1 amide bonds. The zero-order valence-corrected chi connectivity index (χ0v) is 13.6. The van der Waals surface area contributed by atoms with Crippen LogP contribution in [0.3, 0.4) is 0 Å². The monoisotopic (exact) mass is 314 g/mol. The minimum atomic E-state index is -0.786. The third-order valence-corrected chi connectivity index (χ3v) is 3.78. The molecule has 0 aromatic rings. The summed E-state index contributed by atoms with van der Waals surface area (Å²) in [6.45, 7) is 8.30. The lowest BCUT2D eigenvalue weighted by Crippen LogP contribution is -2.57. The molecule has 1 N–H and O–H groups in total. The third kappa shape index (κ3) is 5.14. The number of nitrogens with zero attached hydrogens (tertiary/aromatic N) is 2. The minimum Gasteiger partial charge on any atom is -0.480 e. The van der Waals surface area contributed by atoms with Gasteiger partial charge in [0, 0.05) is 13.1 Å². The number of aliphatic carboxylic acids is 1. The van der Waals surface area contributed by atoms with Gasteiger partial charge in [0.25, 0.3) is 0 Å². The van der Waals surface area contributed by atoms with Gasteiger partial charge in [-0.2, -0.15) is 0 Å². The number of carboxylic acids is 1. The van der Waals surface area contributed by atoms with E-state index in [1.165, 1.54) is 0 Å². The number of piperidine rings is 1. The molecule has 0 atom stereocenters. The van der Waals surface area contributed by atoms with Crippen LogP contribution in [0.5, 0.6) is 0 Å². The first-order chi connectivity index (χ1) is 10.2.